The summed E-state index contributed by atoms with van der Waals surface area (Å²) in [6.45, 7) is 7.40. The number of rotatable bonds is 19. The van der Waals surface area contributed by atoms with Crippen molar-refractivity contribution in [3.8, 4) is 5.75 Å². The quantitative estimate of drug-likeness (QED) is 0.115. The molecule has 0 saturated heterocycles. The fourth-order valence-corrected chi connectivity index (χ4v) is 5.70. The topological polar surface area (TPSA) is 33.4 Å². The Hall–Kier alpha value is -2.25. The van der Waals surface area contributed by atoms with Gasteiger partial charge in [0, 0.05) is 12.5 Å². The number of ether oxygens (including phenoxy) is 1. The lowest BCUT2D eigenvalue weighted by Crippen LogP contribution is -3.00. The minimum Gasteiger partial charge on any atom is -1.00 e. The minimum atomic E-state index is -0.377. The zero-order chi connectivity index (χ0) is 28.6. The maximum Gasteiger partial charge on any atom is 0.225 e. The number of unbranched alkanes of at least 4 members (excludes halogenated alkanes) is 11. The Morgan fingerprint density at radius 3 is 2.15 bits per heavy atom. The van der Waals surface area contributed by atoms with E-state index in [2.05, 4.69) is 30.1 Å². The van der Waals surface area contributed by atoms with Crippen LogP contribution in [0.5, 0.6) is 5.75 Å². The first-order valence-corrected chi connectivity index (χ1v) is 16.1. The predicted octanol–water partition coefficient (Wildman–Crippen LogP) is 6.17. The molecule has 3 rings (SSSR count). The number of carbonyl (C=O) groups excluding carboxylic acids is 1. The Kier molecular flexibility index (Phi) is 16.9. The zero-order valence-electron chi connectivity index (χ0n) is 25.2. The van der Waals surface area contributed by atoms with E-state index < -0.39 is 0 Å². The molecule has 1 amide bonds. The normalized spacial score (nSPS) is 10.8. The number of carbonyl (C=O) groups is 1. The van der Waals surface area contributed by atoms with Gasteiger partial charge in [-0.15, -0.1) is 0 Å². The molecule has 41 heavy (non-hydrogen) atoms. The first-order chi connectivity index (χ1) is 19.5. The highest BCUT2D eigenvalue weighted by molar-refractivity contribution is 7.09. The van der Waals surface area contributed by atoms with Crippen LogP contribution in [0.1, 0.15) is 107 Å². The lowest BCUT2D eigenvalue weighted by Gasteiger charge is -2.23. The molecule has 1 aromatic heterocycles. The minimum absolute atomic E-state index is 0. The number of aromatic nitrogens is 1. The third kappa shape index (κ3) is 12.7. The summed E-state index contributed by atoms with van der Waals surface area (Å²) in [6.07, 6.45) is 17.5. The van der Waals surface area contributed by atoms with Gasteiger partial charge in [0.2, 0.25) is 11.4 Å². The first kappa shape index (κ1) is 34.9. The standard InChI is InChI=1S/C34H48FN2O2S.BrH/c1-4-5-6-7-8-9-10-11-12-13-14-17-22-39-34-21-20-30(23-32(34)35)25-37(29(3)38)33-19-16-15-18-31(33)26-36-24-28(2)40-27-36;/h15-16,18-21,23-24,27H,4-14,17,22,25-26H2,1-3H3;1H/q+1;/p-1. The van der Waals surface area contributed by atoms with Crippen LogP contribution in [0.2, 0.25) is 0 Å². The number of amides is 1. The number of aryl methyl sites for hydroxylation is 1. The fraction of sp³-hybridized carbons (Fsp3) is 0.529. The highest BCUT2D eigenvalue weighted by Gasteiger charge is 2.19. The Bertz CT molecular complexity index is 1170. The Morgan fingerprint density at radius 1 is 0.927 bits per heavy atom. The highest BCUT2D eigenvalue weighted by Crippen LogP contribution is 2.25. The van der Waals surface area contributed by atoms with Crippen molar-refractivity contribution in [3.05, 3.63) is 76.0 Å². The molecule has 0 aliphatic carbocycles. The largest absolute Gasteiger partial charge is 1.00 e. The van der Waals surface area contributed by atoms with Crippen LogP contribution in [0.3, 0.4) is 0 Å². The van der Waals surface area contributed by atoms with Crippen LogP contribution in [-0.4, -0.2) is 12.5 Å². The van der Waals surface area contributed by atoms with E-state index in [-0.39, 0.29) is 34.5 Å². The van der Waals surface area contributed by atoms with E-state index >= 15 is 0 Å². The van der Waals surface area contributed by atoms with Crippen molar-refractivity contribution < 1.29 is 35.5 Å². The maximum absolute atomic E-state index is 14.9. The molecule has 0 saturated carbocycles. The predicted molar refractivity (Wildman–Crippen MR) is 165 cm³/mol. The van der Waals surface area contributed by atoms with Crippen molar-refractivity contribution in [2.75, 3.05) is 11.5 Å². The maximum atomic E-state index is 14.9. The number of hydrogen-bond donors (Lipinski definition) is 0. The molecule has 3 aromatic rings. The van der Waals surface area contributed by atoms with Gasteiger partial charge in [-0.25, -0.2) is 4.39 Å². The van der Waals surface area contributed by atoms with Gasteiger partial charge in [-0.1, -0.05) is 113 Å². The molecule has 7 heteroatoms. The van der Waals surface area contributed by atoms with Crippen molar-refractivity contribution in [1.82, 2.24) is 0 Å². The first-order valence-electron chi connectivity index (χ1n) is 15.2. The van der Waals surface area contributed by atoms with Crippen molar-refractivity contribution in [1.29, 1.82) is 0 Å². The number of nitrogens with zero attached hydrogens (tertiary/aromatic N) is 2. The van der Waals surface area contributed by atoms with Gasteiger partial charge in [-0.2, -0.15) is 4.57 Å². The molecule has 0 unspecified atom stereocenters. The molecule has 226 valence electrons. The molecule has 0 spiro atoms. The molecule has 0 aliphatic heterocycles. The molecular weight excluding hydrogens is 599 g/mol. The Labute approximate surface area is 261 Å². The number of benzene rings is 2. The van der Waals surface area contributed by atoms with Crippen LogP contribution in [-0.2, 0) is 17.9 Å². The van der Waals surface area contributed by atoms with E-state index in [0.29, 0.717) is 19.7 Å². The van der Waals surface area contributed by atoms with Gasteiger partial charge >= 0.3 is 0 Å². The summed E-state index contributed by atoms with van der Waals surface area (Å²) < 4.78 is 22.8. The van der Waals surface area contributed by atoms with Gasteiger partial charge in [-0.05, 0) is 37.1 Å². The number of halogens is 2. The summed E-state index contributed by atoms with van der Waals surface area (Å²) in [6, 6.07) is 13.0. The van der Waals surface area contributed by atoms with Crippen molar-refractivity contribution in [3.63, 3.8) is 0 Å². The molecule has 0 N–H and O–H groups in total. The second-order valence-corrected chi connectivity index (χ2v) is 12.0. The summed E-state index contributed by atoms with van der Waals surface area (Å²) in [5, 5.41) is 0. The molecule has 0 aliphatic rings. The molecule has 2 aromatic carbocycles. The zero-order valence-corrected chi connectivity index (χ0v) is 27.6. The van der Waals surface area contributed by atoms with Gasteiger partial charge < -0.3 is 26.6 Å². The second-order valence-electron chi connectivity index (χ2n) is 10.9. The van der Waals surface area contributed by atoms with Crippen LogP contribution in [0.25, 0.3) is 0 Å². The van der Waals surface area contributed by atoms with Gasteiger partial charge in [0.25, 0.3) is 0 Å². The average molecular weight is 648 g/mol. The van der Waals surface area contributed by atoms with Gasteiger partial charge in [0.1, 0.15) is 0 Å². The molecule has 0 fully saturated rings. The third-order valence-corrected chi connectivity index (χ3v) is 8.18. The highest BCUT2D eigenvalue weighted by atomic mass is 79.9. The van der Waals surface area contributed by atoms with Gasteiger partial charge in [0.15, 0.2) is 24.3 Å². The van der Waals surface area contributed by atoms with E-state index in [1.54, 1.807) is 29.2 Å². The van der Waals surface area contributed by atoms with E-state index in [0.717, 1.165) is 29.7 Å². The average Bonchev–Trinajstić information content (AvgIpc) is 3.35. The van der Waals surface area contributed by atoms with Crippen molar-refractivity contribution >= 4 is 22.9 Å². The number of anilines is 1. The summed E-state index contributed by atoms with van der Waals surface area (Å²) >= 11 is 1.69. The van der Waals surface area contributed by atoms with E-state index in [1.165, 1.54) is 75.2 Å². The number of thiazole rings is 1. The van der Waals surface area contributed by atoms with Gasteiger partial charge in [0.05, 0.1) is 23.7 Å². The smallest absolute Gasteiger partial charge is 0.225 e. The summed E-state index contributed by atoms with van der Waals surface area (Å²) in [5.41, 5.74) is 4.71. The van der Waals surface area contributed by atoms with Crippen LogP contribution in [0.4, 0.5) is 10.1 Å². The molecule has 0 bridgehead atoms. The number of para-hydroxylation sites is 1. The number of hydrogen-bond acceptors (Lipinski definition) is 3. The molecule has 4 nitrogen and oxygen atoms in total. The van der Waals surface area contributed by atoms with Crippen LogP contribution in [0, 0.1) is 12.7 Å². The third-order valence-electron chi connectivity index (χ3n) is 7.33. The summed E-state index contributed by atoms with van der Waals surface area (Å²) in [5.74, 6) is -0.171. The molecule has 1 heterocycles. The lowest BCUT2D eigenvalue weighted by molar-refractivity contribution is -0.683. The molecular formula is C34H48BrFN2O2S. The monoisotopic (exact) mass is 646 g/mol. The van der Waals surface area contributed by atoms with E-state index in [1.807, 2.05) is 30.3 Å². The van der Waals surface area contributed by atoms with Gasteiger partial charge in [-0.3, -0.25) is 4.79 Å². The second kappa shape index (κ2) is 19.8. The van der Waals surface area contributed by atoms with E-state index in [4.69, 9.17) is 4.74 Å². The lowest BCUT2D eigenvalue weighted by atomic mass is 10.1. The fourth-order valence-electron chi connectivity index (χ4n) is 5.07. The van der Waals surface area contributed by atoms with E-state index in [9.17, 15) is 9.18 Å². The molecule has 0 atom stereocenters. The van der Waals surface area contributed by atoms with Crippen molar-refractivity contribution in [2.24, 2.45) is 0 Å². The van der Waals surface area contributed by atoms with Crippen LogP contribution < -0.4 is 31.2 Å². The van der Waals surface area contributed by atoms with Crippen LogP contribution >= 0.6 is 11.3 Å². The Balaban J connectivity index is 0.00000588. The van der Waals surface area contributed by atoms with Crippen molar-refractivity contribution in [2.45, 2.75) is 111 Å². The summed E-state index contributed by atoms with van der Waals surface area (Å²) in [4.78, 5) is 15.6. The van der Waals surface area contributed by atoms with Crippen LogP contribution in [0.15, 0.2) is 54.2 Å². The summed E-state index contributed by atoms with van der Waals surface area (Å²) in [7, 11) is 0. The molecule has 0 radical (unpaired) electrons. The SMILES string of the molecule is CCCCCCCCCCCCCCOc1ccc(CN(C(C)=O)c2ccccc2C[n+]2csc(C)c2)cc1F.[Br-]. The Morgan fingerprint density at radius 2 is 1.56 bits per heavy atom.